The van der Waals surface area contributed by atoms with Crippen molar-refractivity contribution < 1.29 is 9.53 Å². The number of ether oxygens (including phenoxy) is 1. The van der Waals surface area contributed by atoms with Crippen molar-refractivity contribution in [1.82, 2.24) is 0 Å². The summed E-state index contributed by atoms with van der Waals surface area (Å²) >= 11 is 6.55. The molecule has 0 saturated carbocycles. The number of alkyl halides is 1. The van der Waals surface area contributed by atoms with E-state index in [0.29, 0.717) is 0 Å². The van der Waals surface area contributed by atoms with E-state index in [0.717, 1.165) is 11.1 Å². The summed E-state index contributed by atoms with van der Waals surface area (Å²) in [6, 6.07) is 9.53. The van der Waals surface area contributed by atoms with E-state index in [1.165, 1.54) is 6.08 Å². The van der Waals surface area contributed by atoms with E-state index in [1.807, 2.05) is 36.4 Å². The van der Waals surface area contributed by atoms with Crippen molar-refractivity contribution in [2.75, 3.05) is 0 Å². The quantitative estimate of drug-likeness (QED) is 0.644. The Balaban J connectivity index is 2.45. The molecule has 2 rings (SSSR count). The molecule has 19 heavy (non-hydrogen) atoms. The molecule has 0 heterocycles. The number of nitrogens with two attached hydrogens (primary N) is 2. The van der Waals surface area contributed by atoms with Crippen LogP contribution in [0.5, 0.6) is 0 Å². The van der Waals surface area contributed by atoms with Crippen LogP contribution in [-0.4, -0.2) is 16.7 Å². The lowest BCUT2D eigenvalue weighted by molar-refractivity contribution is 0.0430. The third-order valence-electron chi connectivity index (χ3n) is 3.20. The molecule has 4 nitrogen and oxygen atoms in total. The SMILES string of the molecule is CC1(Cl)C(c2ccccc2)=CC=CC1(N)OC(N)=O. The minimum absolute atomic E-state index is 0.765. The molecule has 0 spiro atoms. The topological polar surface area (TPSA) is 78.3 Å². The Morgan fingerprint density at radius 3 is 2.53 bits per heavy atom. The Labute approximate surface area is 116 Å². The van der Waals surface area contributed by atoms with Gasteiger partial charge in [0.05, 0.1) is 0 Å². The summed E-state index contributed by atoms with van der Waals surface area (Å²) in [5, 5.41) is 0. The maximum atomic E-state index is 11.0. The van der Waals surface area contributed by atoms with Crippen molar-refractivity contribution in [2.45, 2.75) is 17.5 Å². The maximum absolute atomic E-state index is 11.0. The van der Waals surface area contributed by atoms with Crippen LogP contribution in [0.4, 0.5) is 4.79 Å². The number of hydrogen-bond acceptors (Lipinski definition) is 3. The maximum Gasteiger partial charge on any atom is 0.406 e. The van der Waals surface area contributed by atoms with Crippen LogP contribution in [0.1, 0.15) is 12.5 Å². The van der Waals surface area contributed by atoms with Gasteiger partial charge in [-0.15, -0.1) is 11.6 Å². The molecule has 1 aliphatic carbocycles. The lowest BCUT2D eigenvalue weighted by Crippen LogP contribution is -2.59. The van der Waals surface area contributed by atoms with E-state index < -0.39 is 16.7 Å². The zero-order valence-electron chi connectivity index (χ0n) is 10.5. The van der Waals surface area contributed by atoms with E-state index >= 15 is 0 Å². The van der Waals surface area contributed by atoms with E-state index in [-0.39, 0.29) is 0 Å². The molecular formula is C14H15ClN2O2. The lowest BCUT2D eigenvalue weighted by atomic mass is 9.81. The number of primary amides is 1. The molecule has 0 saturated heterocycles. The predicted molar refractivity (Wildman–Crippen MR) is 75.4 cm³/mol. The number of halogens is 1. The third kappa shape index (κ3) is 2.37. The Bertz CT molecular complexity index is 552. The largest absolute Gasteiger partial charge is 0.422 e. The second-order valence-corrected chi connectivity index (χ2v) is 5.28. The lowest BCUT2D eigenvalue weighted by Gasteiger charge is -2.41. The molecule has 100 valence electrons. The van der Waals surface area contributed by atoms with E-state index in [2.05, 4.69) is 0 Å². The van der Waals surface area contributed by atoms with Gasteiger partial charge in [0.1, 0.15) is 4.87 Å². The van der Waals surface area contributed by atoms with Gasteiger partial charge in [-0.05, 0) is 24.1 Å². The van der Waals surface area contributed by atoms with Crippen LogP contribution in [0.25, 0.3) is 5.57 Å². The zero-order chi connectivity index (χ0) is 14.1. The van der Waals surface area contributed by atoms with Crippen LogP contribution in [0, 0.1) is 0 Å². The molecule has 5 heteroatoms. The number of allylic oxidation sites excluding steroid dienone is 2. The van der Waals surface area contributed by atoms with Gasteiger partial charge in [0.2, 0.25) is 5.72 Å². The van der Waals surface area contributed by atoms with Crippen LogP contribution in [0.15, 0.2) is 48.6 Å². The van der Waals surface area contributed by atoms with Gasteiger partial charge < -0.3 is 10.5 Å². The molecule has 0 aliphatic heterocycles. The molecule has 2 atom stereocenters. The fourth-order valence-corrected chi connectivity index (χ4v) is 2.37. The summed E-state index contributed by atoms with van der Waals surface area (Å²) in [7, 11) is 0. The first-order chi connectivity index (χ1) is 8.87. The molecule has 0 aromatic heterocycles. The van der Waals surface area contributed by atoms with Gasteiger partial charge in [-0.1, -0.05) is 42.5 Å². The van der Waals surface area contributed by atoms with Crippen LogP contribution >= 0.6 is 11.6 Å². The molecule has 4 N–H and O–H groups in total. The van der Waals surface area contributed by atoms with Crippen molar-refractivity contribution in [3.63, 3.8) is 0 Å². The van der Waals surface area contributed by atoms with Crippen molar-refractivity contribution in [1.29, 1.82) is 0 Å². The van der Waals surface area contributed by atoms with Gasteiger partial charge in [-0.25, -0.2) is 4.79 Å². The fourth-order valence-electron chi connectivity index (χ4n) is 2.09. The van der Waals surface area contributed by atoms with Crippen LogP contribution < -0.4 is 11.5 Å². The Morgan fingerprint density at radius 2 is 1.95 bits per heavy atom. The highest BCUT2D eigenvalue weighted by atomic mass is 35.5. The van der Waals surface area contributed by atoms with E-state index in [4.69, 9.17) is 27.8 Å². The van der Waals surface area contributed by atoms with Crippen molar-refractivity contribution in [3.8, 4) is 0 Å². The third-order valence-corrected chi connectivity index (χ3v) is 3.70. The van der Waals surface area contributed by atoms with Crippen LogP contribution in [-0.2, 0) is 4.74 Å². The standard InChI is InChI=1S/C14H15ClN2O2/c1-13(15)11(10-6-3-2-4-7-10)8-5-9-14(13,17)19-12(16)18/h2-9H,17H2,1H3,(H2,16,18). The van der Waals surface area contributed by atoms with Crippen molar-refractivity contribution in [2.24, 2.45) is 11.5 Å². The molecule has 2 unspecified atom stereocenters. The van der Waals surface area contributed by atoms with Gasteiger partial charge in [0.25, 0.3) is 0 Å². The normalized spacial score (nSPS) is 29.7. The Kier molecular flexibility index (Phi) is 3.39. The van der Waals surface area contributed by atoms with E-state index in [1.54, 1.807) is 13.0 Å². The first kappa shape index (κ1) is 13.6. The molecule has 1 aliphatic rings. The predicted octanol–water partition coefficient (Wildman–Crippen LogP) is 2.39. The fraction of sp³-hybridized carbons (Fsp3) is 0.214. The second-order valence-electron chi connectivity index (χ2n) is 4.52. The average molecular weight is 279 g/mol. The summed E-state index contributed by atoms with van der Waals surface area (Å²) in [6.07, 6.45) is 4.11. The van der Waals surface area contributed by atoms with Gasteiger partial charge >= 0.3 is 6.09 Å². The number of carbonyl (C=O) groups excluding carboxylic acids is 1. The summed E-state index contributed by atoms with van der Waals surface area (Å²) in [6.45, 7) is 1.69. The number of benzene rings is 1. The first-order valence-electron chi connectivity index (χ1n) is 5.78. The molecule has 0 radical (unpaired) electrons. The first-order valence-corrected chi connectivity index (χ1v) is 6.16. The van der Waals surface area contributed by atoms with E-state index in [9.17, 15) is 4.79 Å². The van der Waals surface area contributed by atoms with Crippen LogP contribution in [0.3, 0.4) is 0 Å². The van der Waals surface area contributed by atoms with Crippen molar-refractivity contribution >= 4 is 23.3 Å². The van der Waals surface area contributed by atoms with Gasteiger partial charge in [-0.3, -0.25) is 5.73 Å². The number of carbonyl (C=O) groups is 1. The van der Waals surface area contributed by atoms with Crippen molar-refractivity contribution in [3.05, 3.63) is 54.1 Å². The Hall–Kier alpha value is -1.78. The zero-order valence-corrected chi connectivity index (χ0v) is 11.2. The highest BCUT2D eigenvalue weighted by molar-refractivity contribution is 6.31. The summed E-state index contributed by atoms with van der Waals surface area (Å²) in [5.74, 6) is 0. The minimum Gasteiger partial charge on any atom is -0.422 e. The molecule has 0 fully saturated rings. The van der Waals surface area contributed by atoms with Gasteiger partial charge in [0.15, 0.2) is 0 Å². The van der Waals surface area contributed by atoms with Gasteiger partial charge in [0, 0.05) is 0 Å². The van der Waals surface area contributed by atoms with Gasteiger partial charge in [-0.2, -0.15) is 0 Å². The number of rotatable bonds is 2. The molecule has 0 bridgehead atoms. The summed E-state index contributed by atoms with van der Waals surface area (Å²) in [5.41, 5.74) is 11.3. The summed E-state index contributed by atoms with van der Waals surface area (Å²) in [4.78, 5) is 9.90. The minimum atomic E-state index is -1.49. The molecule has 1 aromatic rings. The molecule has 1 amide bonds. The number of amides is 1. The summed E-state index contributed by atoms with van der Waals surface area (Å²) < 4.78 is 5.00. The van der Waals surface area contributed by atoms with Crippen LogP contribution in [0.2, 0.25) is 0 Å². The second kappa shape index (κ2) is 4.72. The average Bonchev–Trinajstić information content (AvgIpc) is 2.33. The highest BCUT2D eigenvalue weighted by Crippen LogP contribution is 2.44. The number of hydrogen-bond donors (Lipinski definition) is 2. The molecule has 1 aromatic carbocycles. The monoisotopic (exact) mass is 278 g/mol. The smallest absolute Gasteiger partial charge is 0.406 e. The Morgan fingerprint density at radius 1 is 1.32 bits per heavy atom. The molecular weight excluding hydrogens is 264 g/mol. The highest BCUT2D eigenvalue weighted by Gasteiger charge is 2.50.